The van der Waals surface area contributed by atoms with Gasteiger partial charge in [0.1, 0.15) is 24.4 Å². The molecule has 71 heavy (non-hydrogen) atoms. The normalized spacial score (nSPS) is 19.7. The van der Waals surface area contributed by atoms with Crippen LogP contribution in [0.1, 0.15) is 271 Å². The van der Waals surface area contributed by atoms with E-state index in [1.54, 1.807) is 6.08 Å². The number of carbonyl (C=O) groups is 1. The number of allylic oxidation sites excluding steroid dienone is 9. The lowest BCUT2D eigenvalue weighted by atomic mass is 9.99. The highest BCUT2D eigenvalue weighted by molar-refractivity contribution is 5.76. The molecule has 9 nitrogen and oxygen atoms in total. The molecule has 0 aromatic carbocycles. The number of ether oxygens (including phenoxy) is 2. The average molecular weight is 1000 g/mol. The zero-order valence-electron chi connectivity index (χ0n) is 46.0. The van der Waals surface area contributed by atoms with E-state index in [2.05, 4.69) is 67.8 Å². The summed E-state index contributed by atoms with van der Waals surface area (Å²) in [7, 11) is 0. The summed E-state index contributed by atoms with van der Waals surface area (Å²) in [5, 5.41) is 54.5. The third kappa shape index (κ3) is 40.9. The Morgan fingerprint density at radius 1 is 0.479 bits per heavy atom. The van der Waals surface area contributed by atoms with Crippen LogP contribution >= 0.6 is 0 Å². The van der Waals surface area contributed by atoms with Crippen LogP contribution in [0, 0.1) is 0 Å². The molecule has 7 atom stereocenters. The molecule has 0 bridgehead atoms. The second kappa shape index (κ2) is 51.4. The van der Waals surface area contributed by atoms with Gasteiger partial charge in [0, 0.05) is 6.42 Å². The maximum Gasteiger partial charge on any atom is 0.220 e. The minimum atomic E-state index is -1.58. The Hall–Kier alpha value is -2.11. The van der Waals surface area contributed by atoms with Gasteiger partial charge in [0.05, 0.1) is 25.4 Å². The van der Waals surface area contributed by atoms with E-state index in [-0.39, 0.29) is 12.5 Å². The number of unbranched alkanes of at least 4 members (excludes halogenated alkanes) is 33. The van der Waals surface area contributed by atoms with Gasteiger partial charge in [-0.3, -0.25) is 4.79 Å². The van der Waals surface area contributed by atoms with E-state index in [0.717, 1.165) is 57.8 Å². The molecule has 0 aromatic heterocycles. The third-order valence-electron chi connectivity index (χ3n) is 14.0. The lowest BCUT2D eigenvalue weighted by molar-refractivity contribution is -0.302. The van der Waals surface area contributed by atoms with E-state index in [0.29, 0.717) is 6.42 Å². The number of hydrogen-bond acceptors (Lipinski definition) is 8. The van der Waals surface area contributed by atoms with Crippen LogP contribution in [0.3, 0.4) is 0 Å². The van der Waals surface area contributed by atoms with Crippen molar-refractivity contribution >= 4 is 5.91 Å². The summed E-state index contributed by atoms with van der Waals surface area (Å²) in [5.41, 5.74) is 0. The van der Waals surface area contributed by atoms with Crippen molar-refractivity contribution in [3.05, 3.63) is 60.8 Å². The molecule has 7 unspecified atom stereocenters. The van der Waals surface area contributed by atoms with Gasteiger partial charge in [-0.2, -0.15) is 0 Å². The molecular formula is C62H113NO8. The van der Waals surface area contributed by atoms with Crippen molar-refractivity contribution in [2.24, 2.45) is 0 Å². The van der Waals surface area contributed by atoms with Gasteiger partial charge in [0.15, 0.2) is 6.29 Å². The molecular weight excluding hydrogens is 887 g/mol. The molecule has 0 aromatic rings. The Morgan fingerprint density at radius 3 is 1.27 bits per heavy atom. The fourth-order valence-corrected chi connectivity index (χ4v) is 9.28. The van der Waals surface area contributed by atoms with Crippen LogP contribution in [0.25, 0.3) is 0 Å². The van der Waals surface area contributed by atoms with Gasteiger partial charge < -0.3 is 40.3 Å². The summed E-state index contributed by atoms with van der Waals surface area (Å²) in [6.45, 7) is 3.75. The Labute approximate surface area is 436 Å². The van der Waals surface area contributed by atoms with Crippen molar-refractivity contribution in [3.8, 4) is 0 Å². The fraction of sp³-hybridized carbons (Fsp3) is 0.823. The smallest absolute Gasteiger partial charge is 0.220 e. The molecule has 0 radical (unpaired) electrons. The van der Waals surface area contributed by atoms with Crippen molar-refractivity contribution in [2.45, 2.75) is 314 Å². The second-order valence-corrected chi connectivity index (χ2v) is 20.8. The SMILES string of the molecule is CCCCCCC/C=C\C/C=C\CCCCCCCCCCCCCCCCCCCCCC(=O)NC(COC1OC(CO)C(O)C(O)C1O)C(O)/C=C/CC/C=C/CC/C=C/CCCCCCCCC. The van der Waals surface area contributed by atoms with E-state index in [4.69, 9.17) is 9.47 Å². The standard InChI is InChI=1S/C62H113NO8/c1-3-5-7-9-11-13-15-17-19-21-22-23-24-25-26-27-28-29-30-31-32-33-34-36-38-40-42-44-46-48-50-52-58(66)63-55(54-70-62-61(69)60(68)59(67)57(53-64)71-62)56(65)51-49-47-45-43-41-39-37-35-20-18-16-14-12-10-8-6-4-2/h15,17,20-22,35,41,43,49,51,55-57,59-62,64-65,67-69H,3-14,16,18-19,23-34,36-40,42,44-48,50,52-54H2,1-2H3,(H,63,66)/b17-15-,22-21-,35-20+,43-41+,51-49+. The predicted octanol–water partition coefficient (Wildman–Crippen LogP) is 15.1. The van der Waals surface area contributed by atoms with Crippen LogP contribution in [0.4, 0.5) is 0 Å². The van der Waals surface area contributed by atoms with E-state index in [9.17, 15) is 30.3 Å². The molecule has 1 aliphatic rings. The maximum atomic E-state index is 13.1. The number of aliphatic hydroxyl groups is 5. The fourth-order valence-electron chi connectivity index (χ4n) is 9.28. The number of aliphatic hydroxyl groups excluding tert-OH is 5. The highest BCUT2D eigenvalue weighted by atomic mass is 16.7. The first-order valence-electron chi connectivity index (χ1n) is 30.0. The molecule has 9 heteroatoms. The average Bonchev–Trinajstić information content (AvgIpc) is 3.37. The molecule has 1 heterocycles. The highest BCUT2D eigenvalue weighted by Crippen LogP contribution is 2.23. The molecule has 6 N–H and O–H groups in total. The minimum absolute atomic E-state index is 0.189. The predicted molar refractivity (Wildman–Crippen MR) is 299 cm³/mol. The number of rotatable bonds is 51. The van der Waals surface area contributed by atoms with Gasteiger partial charge in [-0.25, -0.2) is 0 Å². The van der Waals surface area contributed by atoms with Crippen molar-refractivity contribution in [1.29, 1.82) is 0 Å². The number of carbonyl (C=O) groups excluding carboxylic acids is 1. The van der Waals surface area contributed by atoms with Crippen LogP contribution in [-0.4, -0.2) is 87.5 Å². The van der Waals surface area contributed by atoms with Crippen LogP contribution < -0.4 is 5.32 Å². The molecule has 1 aliphatic heterocycles. The Kier molecular flexibility index (Phi) is 48.4. The lowest BCUT2D eigenvalue weighted by Gasteiger charge is -2.40. The van der Waals surface area contributed by atoms with Gasteiger partial charge >= 0.3 is 0 Å². The van der Waals surface area contributed by atoms with Gasteiger partial charge in [-0.1, -0.05) is 248 Å². The first kappa shape index (κ1) is 66.9. The van der Waals surface area contributed by atoms with Gasteiger partial charge in [-0.15, -0.1) is 0 Å². The molecule has 0 spiro atoms. The van der Waals surface area contributed by atoms with Crippen LogP contribution in [0.15, 0.2) is 60.8 Å². The molecule has 1 fully saturated rings. The molecule has 0 saturated carbocycles. The number of hydrogen-bond donors (Lipinski definition) is 6. The van der Waals surface area contributed by atoms with Crippen molar-refractivity contribution in [3.63, 3.8) is 0 Å². The third-order valence-corrected chi connectivity index (χ3v) is 14.0. The summed E-state index contributed by atoms with van der Waals surface area (Å²) in [6, 6.07) is -0.829. The highest BCUT2D eigenvalue weighted by Gasteiger charge is 2.44. The van der Waals surface area contributed by atoms with Gasteiger partial charge in [-0.05, 0) is 77.0 Å². The van der Waals surface area contributed by atoms with E-state index in [1.807, 2.05) is 6.08 Å². The zero-order chi connectivity index (χ0) is 51.5. The first-order chi connectivity index (χ1) is 34.8. The topological polar surface area (TPSA) is 149 Å². The number of amides is 1. The van der Waals surface area contributed by atoms with Crippen molar-refractivity contribution < 1.29 is 39.8 Å². The summed E-state index contributed by atoms with van der Waals surface area (Å²) < 4.78 is 11.3. The lowest BCUT2D eigenvalue weighted by Crippen LogP contribution is -2.60. The largest absolute Gasteiger partial charge is 0.394 e. The Morgan fingerprint density at radius 2 is 0.845 bits per heavy atom. The van der Waals surface area contributed by atoms with Gasteiger partial charge in [0.2, 0.25) is 5.91 Å². The summed E-state index contributed by atoms with van der Waals surface area (Å²) in [6.07, 6.45) is 63.0. The van der Waals surface area contributed by atoms with E-state index in [1.165, 1.54) is 193 Å². The van der Waals surface area contributed by atoms with Crippen LogP contribution in [-0.2, 0) is 14.3 Å². The first-order valence-corrected chi connectivity index (χ1v) is 30.0. The molecule has 1 saturated heterocycles. The molecule has 1 amide bonds. The van der Waals surface area contributed by atoms with Crippen LogP contribution in [0.5, 0.6) is 0 Å². The van der Waals surface area contributed by atoms with E-state index < -0.39 is 49.5 Å². The van der Waals surface area contributed by atoms with Gasteiger partial charge in [0.25, 0.3) is 0 Å². The molecule has 0 aliphatic carbocycles. The zero-order valence-corrected chi connectivity index (χ0v) is 46.0. The summed E-state index contributed by atoms with van der Waals surface area (Å²) in [5.74, 6) is -0.189. The van der Waals surface area contributed by atoms with Crippen molar-refractivity contribution in [1.82, 2.24) is 5.32 Å². The minimum Gasteiger partial charge on any atom is -0.394 e. The monoisotopic (exact) mass is 1000 g/mol. The Bertz CT molecular complexity index is 1300. The summed E-state index contributed by atoms with van der Waals surface area (Å²) >= 11 is 0. The quantitative estimate of drug-likeness (QED) is 0.0261. The van der Waals surface area contributed by atoms with E-state index >= 15 is 0 Å². The Balaban J connectivity index is 2.17. The molecule has 1 rings (SSSR count). The molecule has 414 valence electrons. The van der Waals surface area contributed by atoms with Crippen molar-refractivity contribution in [2.75, 3.05) is 13.2 Å². The maximum absolute atomic E-state index is 13.1. The second-order valence-electron chi connectivity index (χ2n) is 20.8. The van der Waals surface area contributed by atoms with Crippen LogP contribution in [0.2, 0.25) is 0 Å². The summed E-state index contributed by atoms with van der Waals surface area (Å²) in [4.78, 5) is 13.1. The number of nitrogens with one attached hydrogen (secondary N) is 1.